The quantitative estimate of drug-likeness (QED) is 0.717. The predicted molar refractivity (Wildman–Crippen MR) is 95.9 cm³/mol. The van der Waals surface area contributed by atoms with Crippen LogP contribution in [-0.4, -0.2) is 43.0 Å². The fraction of sp³-hybridized carbons (Fsp3) is 0.333. The molecule has 26 heavy (non-hydrogen) atoms. The fourth-order valence-corrected chi connectivity index (χ4v) is 4.35. The van der Waals surface area contributed by atoms with E-state index in [0.717, 1.165) is 17.7 Å². The highest BCUT2D eigenvalue weighted by atomic mass is 35.5. The maximum atomic E-state index is 9.97. The maximum Gasteiger partial charge on any atom is 0.165 e. The normalized spacial score (nSPS) is 27.4. The van der Waals surface area contributed by atoms with Crippen LogP contribution in [0.2, 0.25) is 5.15 Å². The van der Waals surface area contributed by atoms with Crippen molar-refractivity contribution in [2.45, 2.75) is 18.6 Å². The number of aliphatic hydroxyl groups is 1. The van der Waals surface area contributed by atoms with Gasteiger partial charge in [0.15, 0.2) is 16.9 Å². The van der Waals surface area contributed by atoms with E-state index in [1.165, 1.54) is 6.33 Å². The van der Waals surface area contributed by atoms with Crippen LogP contribution in [0.25, 0.3) is 11.2 Å². The van der Waals surface area contributed by atoms with Gasteiger partial charge in [-0.2, -0.15) is 0 Å². The Bertz CT molecular complexity index is 990. The van der Waals surface area contributed by atoms with Crippen molar-refractivity contribution in [1.29, 1.82) is 0 Å². The number of rotatable bonds is 3. The van der Waals surface area contributed by atoms with E-state index in [-0.39, 0.29) is 30.6 Å². The summed E-state index contributed by atoms with van der Waals surface area (Å²) in [7, 11) is 0. The third-order valence-corrected chi connectivity index (χ3v) is 5.63. The number of fused-ring (bicyclic) bond motifs is 2. The monoisotopic (exact) mass is 369 g/mol. The Kier molecular flexibility index (Phi) is 3.65. The molecule has 0 amide bonds. The lowest BCUT2D eigenvalue weighted by Crippen LogP contribution is -2.28. The number of halogens is 1. The van der Waals surface area contributed by atoms with Gasteiger partial charge in [0.2, 0.25) is 0 Å². The van der Waals surface area contributed by atoms with E-state index in [2.05, 4.69) is 20.1 Å². The van der Waals surface area contributed by atoms with Crippen molar-refractivity contribution in [3.05, 3.63) is 53.7 Å². The molecule has 0 spiro atoms. The highest BCUT2D eigenvalue weighted by Crippen LogP contribution is 2.47. The summed E-state index contributed by atoms with van der Waals surface area (Å²) in [6.45, 7) is 0.0786. The van der Waals surface area contributed by atoms with E-state index in [1.807, 2.05) is 34.9 Å². The number of aromatic nitrogens is 4. The van der Waals surface area contributed by atoms with E-state index in [0.29, 0.717) is 16.3 Å². The van der Waals surface area contributed by atoms with Gasteiger partial charge in [-0.1, -0.05) is 47.1 Å². The highest BCUT2D eigenvalue weighted by Gasteiger charge is 2.52. The Morgan fingerprint density at radius 1 is 1.19 bits per heavy atom. The van der Waals surface area contributed by atoms with Gasteiger partial charge in [0, 0.05) is 6.61 Å². The molecule has 0 bridgehead atoms. The first-order valence-corrected chi connectivity index (χ1v) is 8.88. The van der Waals surface area contributed by atoms with E-state index in [4.69, 9.17) is 16.4 Å². The van der Waals surface area contributed by atoms with Crippen LogP contribution < -0.4 is 0 Å². The van der Waals surface area contributed by atoms with Crippen molar-refractivity contribution in [2.24, 2.45) is 17.0 Å². The minimum absolute atomic E-state index is 0.0296. The van der Waals surface area contributed by atoms with Crippen LogP contribution in [0, 0.1) is 11.8 Å². The van der Waals surface area contributed by atoms with Gasteiger partial charge in [0.25, 0.3) is 0 Å². The predicted octanol–water partition coefficient (Wildman–Crippen LogP) is 2.45. The van der Waals surface area contributed by atoms with Gasteiger partial charge in [-0.3, -0.25) is 0 Å². The summed E-state index contributed by atoms with van der Waals surface area (Å²) < 4.78 is 1.97. The zero-order valence-electron chi connectivity index (χ0n) is 13.7. The first-order valence-electron chi connectivity index (χ1n) is 8.51. The maximum absolute atomic E-state index is 9.97. The molecular formula is C18H16ClN5O2. The standard InChI is InChI=1S/C18H16ClN5O2/c19-17-15-18(21-8-20-17)24(9-22-15)12-6-11(7-25)13-14(23-26-16(12)13)10-4-2-1-3-5-10/h1-5,8-9,11-13,16,25H,6-7H2/t11-,12-,13-,16-/m1/s1. The second kappa shape index (κ2) is 6.03. The molecule has 0 radical (unpaired) electrons. The first-order chi connectivity index (χ1) is 12.8. The zero-order chi connectivity index (χ0) is 17.7. The molecule has 0 saturated heterocycles. The molecule has 1 saturated carbocycles. The van der Waals surface area contributed by atoms with E-state index >= 15 is 0 Å². The van der Waals surface area contributed by atoms with Gasteiger partial charge >= 0.3 is 0 Å². The molecule has 7 nitrogen and oxygen atoms in total. The average molecular weight is 370 g/mol. The van der Waals surface area contributed by atoms with E-state index in [9.17, 15) is 5.11 Å². The van der Waals surface area contributed by atoms with Crippen LogP contribution in [0.5, 0.6) is 0 Å². The van der Waals surface area contributed by atoms with Gasteiger partial charge in [-0.05, 0) is 17.9 Å². The number of oxime groups is 1. The Labute approximate surface area is 154 Å². The Morgan fingerprint density at radius 2 is 2.04 bits per heavy atom. The lowest BCUT2D eigenvalue weighted by Gasteiger charge is -2.18. The zero-order valence-corrected chi connectivity index (χ0v) is 14.5. The van der Waals surface area contributed by atoms with Crippen molar-refractivity contribution in [3.8, 4) is 0 Å². The van der Waals surface area contributed by atoms with Crippen molar-refractivity contribution in [1.82, 2.24) is 19.5 Å². The van der Waals surface area contributed by atoms with Crippen molar-refractivity contribution >= 4 is 28.5 Å². The molecule has 2 aliphatic rings. The molecule has 3 aromatic rings. The highest BCUT2D eigenvalue weighted by molar-refractivity contribution is 6.33. The Morgan fingerprint density at radius 3 is 2.85 bits per heavy atom. The summed E-state index contributed by atoms with van der Waals surface area (Å²) >= 11 is 6.13. The number of nitrogens with zero attached hydrogens (tertiary/aromatic N) is 5. The van der Waals surface area contributed by atoms with Crippen molar-refractivity contribution < 1.29 is 9.94 Å². The van der Waals surface area contributed by atoms with Gasteiger partial charge in [-0.25, -0.2) is 15.0 Å². The largest absolute Gasteiger partial charge is 0.396 e. The first kappa shape index (κ1) is 15.7. The van der Waals surface area contributed by atoms with Crippen LogP contribution in [0.1, 0.15) is 18.0 Å². The number of hydrogen-bond donors (Lipinski definition) is 1. The molecule has 1 aliphatic heterocycles. The summed E-state index contributed by atoms with van der Waals surface area (Å²) in [5.74, 6) is 0.0865. The number of benzene rings is 1. The molecule has 1 aromatic carbocycles. The molecular weight excluding hydrogens is 354 g/mol. The van der Waals surface area contributed by atoms with Gasteiger partial charge in [-0.15, -0.1) is 0 Å². The molecule has 5 rings (SSSR count). The van der Waals surface area contributed by atoms with Crippen LogP contribution in [-0.2, 0) is 4.84 Å². The SMILES string of the molecule is OC[C@H]1C[C@@H](n2cnc3c(Cl)ncnc32)[C@H]2ON=C(c3ccccc3)[C@@H]12. The summed E-state index contributed by atoms with van der Waals surface area (Å²) in [5.41, 5.74) is 3.17. The van der Waals surface area contributed by atoms with Gasteiger partial charge in [0.05, 0.1) is 24.0 Å². The minimum atomic E-state index is -0.173. The third kappa shape index (κ3) is 2.24. The molecule has 8 heteroatoms. The smallest absolute Gasteiger partial charge is 0.165 e. The minimum Gasteiger partial charge on any atom is -0.396 e. The van der Waals surface area contributed by atoms with Crippen LogP contribution in [0.15, 0.2) is 48.1 Å². The van der Waals surface area contributed by atoms with Crippen molar-refractivity contribution in [3.63, 3.8) is 0 Å². The molecule has 1 fully saturated rings. The van der Waals surface area contributed by atoms with E-state index < -0.39 is 0 Å². The van der Waals surface area contributed by atoms with Gasteiger partial charge in [0.1, 0.15) is 11.8 Å². The molecule has 0 unspecified atom stereocenters. The van der Waals surface area contributed by atoms with Crippen LogP contribution >= 0.6 is 11.6 Å². The average Bonchev–Trinajstić information content (AvgIpc) is 3.36. The second-order valence-electron chi connectivity index (χ2n) is 6.67. The number of hydrogen-bond acceptors (Lipinski definition) is 6. The Hall–Kier alpha value is -2.51. The fourth-order valence-electron chi connectivity index (χ4n) is 4.17. The summed E-state index contributed by atoms with van der Waals surface area (Å²) in [4.78, 5) is 18.5. The topological polar surface area (TPSA) is 85.4 Å². The third-order valence-electron chi connectivity index (χ3n) is 5.35. The molecule has 4 atom stereocenters. The van der Waals surface area contributed by atoms with Crippen molar-refractivity contribution in [2.75, 3.05) is 6.61 Å². The number of imidazole rings is 1. The summed E-state index contributed by atoms with van der Waals surface area (Å²) in [6, 6.07) is 9.94. The lowest BCUT2D eigenvalue weighted by atomic mass is 9.87. The molecule has 3 heterocycles. The summed E-state index contributed by atoms with van der Waals surface area (Å²) in [6.07, 6.45) is 3.73. The van der Waals surface area contributed by atoms with Crippen LogP contribution in [0.4, 0.5) is 0 Å². The van der Waals surface area contributed by atoms with Crippen LogP contribution in [0.3, 0.4) is 0 Å². The number of aliphatic hydroxyl groups excluding tert-OH is 1. The molecule has 1 aliphatic carbocycles. The summed E-state index contributed by atoms with van der Waals surface area (Å²) in [5, 5.41) is 14.7. The van der Waals surface area contributed by atoms with E-state index in [1.54, 1.807) is 6.33 Å². The second-order valence-corrected chi connectivity index (χ2v) is 7.03. The lowest BCUT2D eigenvalue weighted by molar-refractivity contribution is 0.0421. The molecule has 1 N–H and O–H groups in total. The van der Waals surface area contributed by atoms with Gasteiger partial charge < -0.3 is 14.5 Å². The Balaban J connectivity index is 1.54. The molecule has 132 valence electrons. The molecule has 2 aromatic heterocycles.